The molecule has 1 heterocycles. The lowest BCUT2D eigenvalue weighted by Crippen LogP contribution is -2.12. The highest BCUT2D eigenvalue weighted by molar-refractivity contribution is 6.09. The molecule has 0 aliphatic rings. The van der Waals surface area contributed by atoms with Gasteiger partial charge in [0, 0.05) is 33.2 Å². The van der Waals surface area contributed by atoms with Crippen LogP contribution in [0.15, 0.2) is 229 Å². The van der Waals surface area contributed by atoms with Gasteiger partial charge in [-0.05, 0) is 85.8 Å². The Morgan fingerprint density at radius 3 is 1.55 bits per heavy atom. The first-order valence-electron chi connectivity index (χ1n) is 19.8. The van der Waals surface area contributed by atoms with E-state index in [2.05, 4.69) is 217 Å². The van der Waals surface area contributed by atoms with Gasteiger partial charge in [-0.2, -0.15) is 0 Å². The van der Waals surface area contributed by atoms with Gasteiger partial charge in [0.25, 0.3) is 0 Å². The fourth-order valence-electron chi connectivity index (χ4n) is 8.66. The smallest absolute Gasteiger partial charge is 0.143 e. The number of nitrogens with zero attached hydrogens (tertiary/aromatic N) is 1. The summed E-state index contributed by atoms with van der Waals surface area (Å²) in [5, 5.41) is 7.22. The zero-order valence-electron chi connectivity index (χ0n) is 31.7. The number of benzene rings is 10. The van der Waals surface area contributed by atoms with Gasteiger partial charge in [-0.1, -0.05) is 188 Å². The van der Waals surface area contributed by atoms with Crippen LogP contribution in [0.5, 0.6) is 0 Å². The summed E-state index contributed by atoms with van der Waals surface area (Å²) in [6.07, 6.45) is 0. The first-order valence-corrected chi connectivity index (χ1v) is 19.8. The highest BCUT2D eigenvalue weighted by atomic mass is 16.3. The summed E-state index contributed by atoms with van der Waals surface area (Å²) in [6.45, 7) is 0. The molecule has 11 rings (SSSR count). The minimum Gasteiger partial charge on any atom is -0.455 e. The molecular formula is C56H37NO. The average Bonchev–Trinajstić information content (AvgIpc) is 3.69. The number of hydrogen-bond acceptors (Lipinski definition) is 2. The van der Waals surface area contributed by atoms with E-state index < -0.39 is 0 Å². The topological polar surface area (TPSA) is 16.4 Å². The number of rotatable bonds is 7. The first kappa shape index (κ1) is 33.6. The summed E-state index contributed by atoms with van der Waals surface area (Å²) < 4.78 is 6.46. The Kier molecular flexibility index (Phi) is 8.19. The molecule has 272 valence electrons. The van der Waals surface area contributed by atoms with Gasteiger partial charge in [0.15, 0.2) is 0 Å². The number of fused-ring (bicyclic) bond motifs is 5. The number of furan rings is 1. The largest absolute Gasteiger partial charge is 0.455 e. The Morgan fingerprint density at radius 2 is 0.776 bits per heavy atom. The van der Waals surface area contributed by atoms with Crippen molar-refractivity contribution in [1.82, 2.24) is 0 Å². The maximum Gasteiger partial charge on any atom is 0.143 e. The van der Waals surface area contributed by atoms with Gasteiger partial charge in [0.2, 0.25) is 0 Å². The predicted octanol–water partition coefficient (Wildman–Crippen LogP) is 16.0. The van der Waals surface area contributed by atoms with E-state index in [1.54, 1.807) is 0 Å². The highest BCUT2D eigenvalue weighted by Gasteiger charge is 2.21. The molecule has 2 nitrogen and oxygen atoms in total. The average molecular weight is 740 g/mol. The molecule has 58 heavy (non-hydrogen) atoms. The highest BCUT2D eigenvalue weighted by Crippen LogP contribution is 2.46. The van der Waals surface area contributed by atoms with E-state index in [9.17, 15) is 0 Å². The zero-order chi connectivity index (χ0) is 38.4. The van der Waals surface area contributed by atoms with Crippen LogP contribution >= 0.6 is 0 Å². The predicted molar refractivity (Wildman–Crippen MR) is 245 cm³/mol. The molecule has 0 atom stereocenters. The van der Waals surface area contributed by atoms with Gasteiger partial charge in [0.05, 0.1) is 11.4 Å². The van der Waals surface area contributed by atoms with Crippen molar-refractivity contribution in [3.05, 3.63) is 224 Å². The lowest BCUT2D eigenvalue weighted by Gasteiger charge is -2.30. The summed E-state index contributed by atoms with van der Waals surface area (Å²) in [5.74, 6) is 0. The van der Waals surface area contributed by atoms with Crippen molar-refractivity contribution in [2.75, 3.05) is 4.90 Å². The number of anilines is 3. The summed E-state index contributed by atoms with van der Waals surface area (Å²) in [5.41, 5.74) is 14.3. The van der Waals surface area contributed by atoms with E-state index in [4.69, 9.17) is 4.42 Å². The van der Waals surface area contributed by atoms with E-state index >= 15 is 0 Å². The Hall–Kier alpha value is -7.68. The molecular weight excluding hydrogens is 703 g/mol. The molecule has 0 N–H and O–H groups in total. The van der Waals surface area contributed by atoms with Gasteiger partial charge < -0.3 is 9.32 Å². The Labute approximate surface area is 337 Å². The molecule has 2 heteroatoms. The molecule has 0 aliphatic heterocycles. The van der Waals surface area contributed by atoms with Gasteiger partial charge in [0.1, 0.15) is 11.2 Å². The molecule has 0 spiro atoms. The van der Waals surface area contributed by atoms with Gasteiger partial charge in [-0.15, -0.1) is 0 Å². The molecule has 0 fully saturated rings. The molecule has 1 aromatic heterocycles. The van der Waals surface area contributed by atoms with Crippen molar-refractivity contribution in [1.29, 1.82) is 0 Å². The van der Waals surface area contributed by atoms with Crippen LogP contribution < -0.4 is 4.90 Å². The number of hydrogen-bond donors (Lipinski definition) is 0. The molecule has 10 aromatic carbocycles. The third-order valence-corrected chi connectivity index (χ3v) is 11.5. The molecule has 0 bridgehead atoms. The SMILES string of the molecule is c1ccc(N(c2ccc(-c3cccc4c3oc3ccccc34)cc2)c2ccccc2-c2ccc3ccccc3c2)c(-c2ccc(-c3cccc4ccccc34)cc2)c1. The Balaban J connectivity index is 1.06. The van der Waals surface area contributed by atoms with E-state index in [1.807, 2.05) is 12.1 Å². The molecule has 0 radical (unpaired) electrons. The fourth-order valence-corrected chi connectivity index (χ4v) is 8.66. The van der Waals surface area contributed by atoms with Crippen molar-refractivity contribution in [2.45, 2.75) is 0 Å². The Morgan fingerprint density at radius 1 is 0.293 bits per heavy atom. The van der Waals surface area contributed by atoms with Crippen LogP contribution in [-0.4, -0.2) is 0 Å². The molecule has 0 saturated carbocycles. The summed E-state index contributed by atoms with van der Waals surface area (Å²) in [7, 11) is 0. The van der Waals surface area contributed by atoms with Gasteiger partial charge >= 0.3 is 0 Å². The van der Waals surface area contributed by atoms with Crippen molar-refractivity contribution >= 4 is 60.5 Å². The summed E-state index contributed by atoms with van der Waals surface area (Å²) in [4.78, 5) is 2.42. The van der Waals surface area contributed by atoms with Crippen LogP contribution in [0, 0.1) is 0 Å². The normalized spacial score (nSPS) is 11.4. The molecule has 0 unspecified atom stereocenters. The van der Waals surface area contributed by atoms with E-state index in [1.165, 1.54) is 38.2 Å². The van der Waals surface area contributed by atoms with Crippen LogP contribution in [0.1, 0.15) is 0 Å². The minimum atomic E-state index is 0.903. The maximum atomic E-state index is 6.46. The maximum absolute atomic E-state index is 6.46. The Bertz CT molecular complexity index is 3280. The summed E-state index contributed by atoms with van der Waals surface area (Å²) >= 11 is 0. The second kappa shape index (κ2) is 14.1. The van der Waals surface area contributed by atoms with Gasteiger partial charge in [-0.25, -0.2) is 0 Å². The third kappa shape index (κ3) is 5.82. The van der Waals surface area contributed by atoms with Crippen molar-refractivity contribution in [3.8, 4) is 44.5 Å². The van der Waals surface area contributed by atoms with Crippen molar-refractivity contribution in [2.24, 2.45) is 0 Å². The molecule has 11 aromatic rings. The standard InChI is InChI=1S/C56H37NO/c1-2-15-43-37-44(32-27-38(43)13-1)49-19-6-9-25-54(49)57(45-35-33-42(34-36-45)50-22-12-23-52-51-20-7-10-26-55(51)58-56(50)52)53-24-8-5-18-48(53)41-30-28-40(29-31-41)47-21-11-16-39-14-3-4-17-46(39)47/h1-37H. The second-order valence-electron chi connectivity index (χ2n) is 14.9. The lowest BCUT2D eigenvalue weighted by molar-refractivity contribution is 0.670. The molecule has 0 saturated heterocycles. The van der Waals surface area contributed by atoms with E-state index in [0.29, 0.717) is 0 Å². The van der Waals surface area contributed by atoms with Crippen LogP contribution in [0.3, 0.4) is 0 Å². The van der Waals surface area contributed by atoms with Gasteiger partial charge in [-0.3, -0.25) is 0 Å². The zero-order valence-corrected chi connectivity index (χ0v) is 31.7. The molecule has 0 amide bonds. The fraction of sp³-hybridized carbons (Fsp3) is 0. The van der Waals surface area contributed by atoms with Crippen molar-refractivity contribution < 1.29 is 4.42 Å². The number of para-hydroxylation sites is 4. The van der Waals surface area contributed by atoms with Crippen LogP contribution in [0.2, 0.25) is 0 Å². The minimum absolute atomic E-state index is 0.903. The summed E-state index contributed by atoms with van der Waals surface area (Å²) in [6, 6.07) is 80.7. The third-order valence-electron chi connectivity index (χ3n) is 11.5. The van der Waals surface area contributed by atoms with Crippen molar-refractivity contribution in [3.63, 3.8) is 0 Å². The lowest BCUT2D eigenvalue weighted by atomic mass is 9.94. The molecule has 0 aliphatic carbocycles. The monoisotopic (exact) mass is 739 g/mol. The second-order valence-corrected chi connectivity index (χ2v) is 14.9. The van der Waals surface area contributed by atoms with Crippen LogP contribution in [0.4, 0.5) is 17.1 Å². The van der Waals surface area contributed by atoms with E-state index in [0.717, 1.165) is 66.8 Å². The first-order chi connectivity index (χ1) is 28.8. The van der Waals surface area contributed by atoms with E-state index in [-0.39, 0.29) is 0 Å². The van der Waals surface area contributed by atoms with Crippen LogP contribution in [-0.2, 0) is 0 Å². The quantitative estimate of drug-likeness (QED) is 0.162. The van der Waals surface area contributed by atoms with Crippen LogP contribution in [0.25, 0.3) is 88.0 Å².